The zero-order valence-electron chi connectivity index (χ0n) is 18.9. The average molecular weight is 439 g/mol. The van der Waals surface area contributed by atoms with Gasteiger partial charge in [-0.2, -0.15) is 0 Å². The van der Waals surface area contributed by atoms with Crippen molar-refractivity contribution < 1.29 is 9.90 Å². The molecule has 2 aromatic rings. The number of hydrogen-bond donors (Lipinski definition) is 1. The molecule has 5 rings (SSSR count). The number of hydrogen-bond acceptors (Lipinski definition) is 5. The van der Waals surface area contributed by atoms with Crippen molar-refractivity contribution in [3.8, 4) is 0 Å². The molecule has 3 heterocycles. The number of rotatable bonds is 3. The van der Waals surface area contributed by atoms with Gasteiger partial charge in [0.2, 0.25) is 5.69 Å². The normalized spacial score (nSPS) is 28.3. The van der Waals surface area contributed by atoms with Gasteiger partial charge >= 0.3 is 5.97 Å². The third-order valence-electron chi connectivity index (χ3n) is 7.84. The Bertz CT molecular complexity index is 1030. The van der Waals surface area contributed by atoms with Crippen LogP contribution in [0.2, 0.25) is 0 Å². The molecule has 0 spiro atoms. The average Bonchev–Trinajstić information content (AvgIpc) is 2.72. The van der Waals surface area contributed by atoms with Crippen molar-refractivity contribution >= 4 is 17.0 Å². The summed E-state index contributed by atoms with van der Waals surface area (Å²) in [6.45, 7) is 2.01. The highest BCUT2D eigenvalue weighted by atomic mass is 16.4. The Balaban J connectivity index is 1.51. The largest absolute Gasteiger partial charge is 0.476 e. The molecule has 3 atom stereocenters. The third-order valence-corrected chi connectivity index (χ3v) is 7.84. The summed E-state index contributed by atoms with van der Waals surface area (Å²) in [5.41, 5.74) is 0.494. The number of piperazine rings is 1. The molecule has 7 nitrogen and oxygen atoms in total. The van der Waals surface area contributed by atoms with Crippen LogP contribution in [0.4, 0.5) is 0 Å². The number of nitrogens with zero attached hydrogens (tertiary/aromatic N) is 4. The lowest BCUT2D eigenvalue weighted by molar-refractivity contribution is -0.0512. The highest BCUT2D eigenvalue weighted by Gasteiger charge is 2.44. The van der Waals surface area contributed by atoms with E-state index < -0.39 is 11.5 Å². The lowest BCUT2D eigenvalue weighted by Crippen LogP contribution is -2.64. The maximum atomic E-state index is 13.3. The van der Waals surface area contributed by atoms with Crippen molar-refractivity contribution in [2.75, 3.05) is 20.1 Å². The van der Waals surface area contributed by atoms with Gasteiger partial charge in [-0.05, 0) is 44.9 Å². The number of aromatic nitrogens is 2. The highest BCUT2D eigenvalue weighted by molar-refractivity contribution is 5.88. The Morgan fingerprint density at radius 3 is 2.22 bits per heavy atom. The van der Waals surface area contributed by atoms with E-state index in [2.05, 4.69) is 21.8 Å². The molecular formula is C25H34N4O3. The topological polar surface area (TPSA) is 78.7 Å². The summed E-state index contributed by atoms with van der Waals surface area (Å²) in [6.07, 6.45) is 11.0. The van der Waals surface area contributed by atoms with Crippen LogP contribution in [-0.2, 0) is 0 Å². The standard InChI is InChI=1S/C25H34N4O3/c1-27-15-19-13-18(14-20(16-27)28(19)17-9-5-3-2-4-6-10-17)29-22-12-8-7-11-21(22)26-23(24(29)30)25(31)32/h7-8,11-12,17-20H,2-6,9-10,13-16H2,1H3,(H,31,32)/t18?,19-,20+. The first-order chi connectivity index (χ1) is 15.5. The lowest BCUT2D eigenvalue weighted by Gasteiger charge is -2.55. The Morgan fingerprint density at radius 1 is 0.938 bits per heavy atom. The van der Waals surface area contributed by atoms with Crippen molar-refractivity contribution in [1.82, 2.24) is 19.4 Å². The molecule has 1 aromatic carbocycles. The minimum Gasteiger partial charge on any atom is -0.476 e. The molecule has 172 valence electrons. The first-order valence-corrected chi connectivity index (χ1v) is 12.2. The Labute approximate surface area is 189 Å². The number of benzene rings is 1. The molecule has 2 bridgehead atoms. The molecule has 1 aliphatic carbocycles. The number of fused-ring (bicyclic) bond motifs is 3. The molecule has 1 saturated carbocycles. The van der Waals surface area contributed by atoms with Gasteiger partial charge in [0.05, 0.1) is 11.0 Å². The van der Waals surface area contributed by atoms with Crippen molar-refractivity contribution in [2.24, 2.45) is 0 Å². The summed E-state index contributed by atoms with van der Waals surface area (Å²) < 4.78 is 1.76. The van der Waals surface area contributed by atoms with Gasteiger partial charge in [0.25, 0.3) is 5.56 Å². The van der Waals surface area contributed by atoms with Crippen LogP contribution in [0, 0.1) is 0 Å². The van der Waals surface area contributed by atoms with E-state index in [1.54, 1.807) is 10.6 Å². The Kier molecular flexibility index (Phi) is 6.03. The third kappa shape index (κ3) is 3.97. The molecule has 0 radical (unpaired) electrons. The van der Waals surface area contributed by atoms with Gasteiger partial charge in [0.1, 0.15) is 0 Å². The predicted octanol–water partition coefficient (Wildman–Crippen LogP) is 3.53. The Hall–Kier alpha value is -2.25. The molecule has 2 saturated heterocycles. The summed E-state index contributed by atoms with van der Waals surface area (Å²) in [7, 11) is 2.20. The number of piperidine rings is 1. The maximum absolute atomic E-state index is 13.3. The number of likely N-dealkylation sites (N-methyl/N-ethyl adjacent to an activating group) is 1. The van der Waals surface area contributed by atoms with Crippen molar-refractivity contribution in [1.29, 1.82) is 0 Å². The fraction of sp³-hybridized carbons (Fsp3) is 0.640. The van der Waals surface area contributed by atoms with E-state index in [9.17, 15) is 14.7 Å². The van der Waals surface area contributed by atoms with E-state index in [1.165, 1.54) is 44.9 Å². The predicted molar refractivity (Wildman–Crippen MR) is 124 cm³/mol. The summed E-state index contributed by atoms with van der Waals surface area (Å²) in [5, 5.41) is 9.62. The molecule has 32 heavy (non-hydrogen) atoms. The minimum atomic E-state index is -1.25. The second kappa shape index (κ2) is 8.94. The molecule has 0 amide bonds. The van der Waals surface area contributed by atoms with E-state index in [0.29, 0.717) is 23.6 Å². The number of aromatic carboxylic acids is 1. The zero-order chi connectivity index (χ0) is 22.2. The second-order valence-corrected chi connectivity index (χ2v) is 10.0. The summed E-state index contributed by atoms with van der Waals surface area (Å²) in [5.74, 6) is -1.25. The fourth-order valence-corrected chi connectivity index (χ4v) is 6.59. The van der Waals surface area contributed by atoms with Gasteiger partial charge in [0.15, 0.2) is 0 Å². The van der Waals surface area contributed by atoms with E-state index in [4.69, 9.17) is 0 Å². The summed E-state index contributed by atoms with van der Waals surface area (Å²) in [6, 6.07) is 8.88. The number of carboxylic acids is 1. The van der Waals surface area contributed by atoms with Crippen molar-refractivity contribution in [3.05, 3.63) is 40.3 Å². The van der Waals surface area contributed by atoms with E-state index in [-0.39, 0.29) is 11.7 Å². The zero-order valence-corrected chi connectivity index (χ0v) is 18.9. The first-order valence-electron chi connectivity index (χ1n) is 12.2. The second-order valence-electron chi connectivity index (χ2n) is 10.0. The fourth-order valence-electron chi connectivity index (χ4n) is 6.59. The highest BCUT2D eigenvalue weighted by Crippen LogP contribution is 2.39. The van der Waals surface area contributed by atoms with Gasteiger partial charge in [-0.25, -0.2) is 9.78 Å². The van der Waals surface area contributed by atoms with Gasteiger partial charge in [-0.15, -0.1) is 0 Å². The molecular weight excluding hydrogens is 404 g/mol. The molecule has 7 heteroatoms. The van der Waals surface area contributed by atoms with Crippen LogP contribution < -0.4 is 5.56 Å². The van der Waals surface area contributed by atoms with Crippen LogP contribution in [-0.4, -0.2) is 68.7 Å². The summed E-state index contributed by atoms with van der Waals surface area (Å²) in [4.78, 5) is 34.4. The maximum Gasteiger partial charge on any atom is 0.360 e. The molecule has 3 aliphatic rings. The van der Waals surface area contributed by atoms with Gasteiger partial charge in [0, 0.05) is 37.3 Å². The van der Waals surface area contributed by atoms with Crippen LogP contribution >= 0.6 is 0 Å². The molecule has 1 aromatic heterocycles. The number of para-hydroxylation sites is 2. The number of carbonyl (C=O) groups is 1. The van der Waals surface area contributed by atoms with Gasteiger partial charge in [-0.3, -0.25) is 9.69 Å². The van der Waals surface area contributed by atoms with Crippen LogP contribution in [0.15, 0.2) is 29.1 Å². The van der Waals surface area contributed by atoms with Crippen LogP contribution in [0.25, 0.3) is 11.0 Å². The van der Waals surface area contributed by atoms with E-state index in [0.717, 1.165) is 31.4 Å². The van der Waals surface area contributed by atoms with Crippen LogP contribution in [0.3, 0.4) is 0 Å². The van der Waals surface area contributed by atoms with Crippen molar-refractivity contribution in [3.63, 3.8) is 0 Å². The monoisotopic (exact) mass is 438 g/mol. The number of likely N-dealkylation sites (tertiary alicyclic amines) is 1. The molecule has 1 N–H and O–H groups in total. The summed E-state index contributed by atoms with van der Waals surface area (Å²) >= 11 is 0. The quantitative estimate of drug-likeness (QED) is 0.790. The van der Waals surface area contributed by atoms with E-state index in [1.807, 2.05) is 18.2 Å². The lowest BCUT2D eigenvalue weighted by atomic mass is 9.83. The smallest absolute Gasteiger partial charge is 0.360 e. The SMILES string of the molecule is CN1C[C@H]2CC(n3c(=O)c(C(=O)O)nc4ccccc43)C[C@@H](C1)N2C1CCCCCCC1. The minimum absolute atomic E-state index is 0.00186. The molecule has 2 aliphatic heterocycles. The molecule has 3 fully saturated rings. The Morgan fingerprint density at radius 2 is 1.56 bits per heavy atom. The molecule has 1 unspecified atom stereocenters. The van der Waals surface area contributed by atoms with Gasteiger partial charge in [-0.1, -0.05) is 44.2 Å². The van der Waals surface area contributed by atoms with Gasteiger partial charge < -0.3 is 14.6 Å². The van der Waals surface area contributed by atoms with E-state index >= 15 is 0 Å². The first kappa shape index (κ1) is 21.6. The number of carboxylic acid groups (broad SMARTS) is 1. The van der Waals surface area contributed by atoms with Crippen LogP contribution in [0.1, 0.15) is 74.3 Å². The van der Waals surface area contributed by atoms with Crippen LogP contribution in [0.5, 0.6) is 0 Å². The van der Waals surface area contributed by atoms with Crippen molar-refractivity contribution in [2.45, 2.75) is 82.0 Å².